The third-order valence-corrected chi connectivity index (χ3v) is 5.92. The number of ether oxygens (including phenoxy) is 1. The molecule has 2 aromatic heterocycles. The molecule has 0 bridgehead atoms. The van der Waals surface area contributed by atoms with Crippen LogP contribution in [0.25, 0.3) is 10.2 Å². The monoisotopic (exact) mass is 399 g/mol. The van der Waals surface area contributed by atoms with Crippen molar-refractivity contribution in [3.05, 3.63) is 57.0 Å². The molecule has 0 unspecified atom stereocenters. The highest BCUT2D eigenvalue weighted by molar-refractivity contribution is 7.18. The molecule has 6 nitrogen and oxygen atoms in total. The largest absolute Gasteiger partial charge is 0.494 e. The van der Waals surface area contributed by atoms with Crippen LogP contribution in [0, 0.1) is 13.8 Å². The predicted molar refractivity (Wildman–Crippen MR) is 112 cm³/mol. The fraction of sp³-hybridized carbons (Fsp3) is 0.381. The van der Waals surface area contributed by atoms with Crippen molar-refractivity contribution >= 4 is 27.5 Å². The smallest absolute Gasteiger partial charge is 0.262 e. The fourth-order valence-electron chi connectivity index (χ4n) is 3.06. The molecule has 3 aromatic rings. The third-order valence-electron chi connectivity index (χ3n) is 4.80. The molecule has 0 aliphatic rings. The van der Waals surface area contributed by atoms with Crippen LogP contribution in [0.1, 0.15) is 29.3 Å². The number of rotatable bonds is 7. The van der Waals surface area contributed by atoms with Gasteiger partial charge in [0, 0.05) is 31.4 Å². The molecule has 0 radical (unpaired) electrons. The predicted octanol–water partition coefficient (Wildman–Crippen LogP) is 3.52. The Labute approximate surface area is 168 Å². The van der Waals surface area contributed by atoms with E-state index < -0.39 is 0 Å². The van der Waals surface area contributed by atoms with Crippen molar-refractivity contribution < 1.29 is 9.53 Å². The molecule has 148 valence electrons. The van der Waals surface area contributed by atoms with Crippen LogP contribution in [-0.4, -0.2) is 34.0 Å². The van der Waals surface area contributed by atoms with Crippen LogP contribution in [-0.2, 0) is 17.9 Å². The minimum absolute atomic E-state index is 0.0147. The van der Waals surface area contributed by atoms with E-state index in [0.717, 1.165) is 26.6 Å². The fourth-order valence-corrected chi connectivity index (χ4v) is 4.04. The summed E-state index contributed by atoms with van der Waals surface area (Å²) in [7, 11) is 1.77. The van der Waals surface area contributed by atoms with Crippen LogP contribution in [0.5, 0.6) is 5.75 Å². The van der Waals surface area contributed by atoms with Crippen molar-refractivity contribution in [1.82, 2.24) is 14.5 Å². The molecule has 28 heavy (non-hydrogen) atoms. The summed E-state index contributed by atoms with van der Waals surface area (Å²) in [5, 5.41) is 0.667. The third kappa shape index (κ3) is 4.25. The summed E-state index contributed by atoms with van der Waals surface area (Å²) in [6.45, 7) is 7.34. The van der Waals surface area contributed by atoms with Crippen molar-refractivity contribution in [2.75, 3.05) is 13.7 Å². The SMILES string of the molecule is CCOc1ccc(CN(C)C(=O)CCn2cnc3sc(C)c(C)c3c2=O)cc1. The second-order valence-electron chi connectivity index (χ2n) is 6.78. The molecule has 0 N–H and O–H groups in total. The minimum Gasteiger partial charge on any atom is -0.494 e. The Kier molecular flexibility index (Phi) is 6.14. The average Bonchev–Trinajstić information content (AvgIpc) is 2.97. The lowest BCUT2D eigenvalue weighted by Gasteiger charge is -2.18. The Hall–Kier alpha value is -2.67. The lowest BCUT2D eigenvalue weighted by atomic mass is 10.2. The molecule has 3 rings (SSSR count). The summed E-state index contributed by atoms with van der Waals surface area (Å²) in [4.78, 5) is 33.1. The van der Waals surface area contributed by atoms with Crippen molar-refractivity contribution in [3.8, 4) is 5.75 Å². The van der Waals surface area contributed by atoms with Crippen molar-refractivity contribution in [2.45, 2.75) is 40.3 Å². The van der Waals surface area contributed by atoms with Gasteiger partial charge in [0.05, 0.1) is 18.3 Å². The van der Waals surface area contributed by atoms with Gasteiger partial charge in [0.2, 0.25) is 5.91 Å². The van der Waals surface area contributed by atoms with Gasteiger partial charge in [-0.2, -0.15) is 0 Å². The molecular formula is C21H25N3O3S. The maximum atomic E-state index is 12.7. The average molecular weight is 400 g/mol. The zero-order valence-corrected chi connectivity index (χ0v) is 17.5. The van der Waals surface area contributed by atoms with Gasteiger partial charge in [0.25, 0.3) is 5.56 Å². The van der Waals surface area contributed by atoms with Crippen LogP contribution in [0.15, 0.2) is 35.4 Å². The topological polar surface area (TPSA) is 64.4 Å². The highest BCUT2D eigenvalue weighted by Gasteiger charge is 2.14. The lowest BCUT2D eigenvalue weighted by Crippen LogP contribution is -2.29. The Morgan fingerprint density at radius 3 is 2.64 bits per heavy atom. The number of aromatic nitrogens is 2. The van der Waals surface area contributed by atoms with Gasteiger partial charge < -0.3 is 9.64 Å². The molecule has 0 fully saturated rings. The molecule has 0 saturated heterocycles. The van der Waals surface area contributed by atoms with Crippen molar-refractivity contribution in [1.29, 1.82) is 0 Å². The first-order valence-electron chi connectivity index (χ1n) is 9.31. The number of amides is 1. The van der Waals surface area contributed by atoms with E-state index in [0.29, 0.717) is 25.1 Å². The van der Waals surface area contributed by atoms with Crippen LogP contribution < -0.4 is 10.3 Å². The van der Waals surface area contributed by atoms with E-state index in [4.69, 9.17) is 4.74 Å². The van der Waals surface area contributed by atoms with E-state index in [1.54, 1.807) is 18.3 Å². The molecular weight excluding hydrogens is 374 g/mol. The molecule has 0 spiro atoms. The van der Waals surface area contributed by atoms with Crippen molar-refractivity contribution in [2.24, 2.45) is 0 Å². The number of hydrogen-bond acceptors (Lipinski definition) is 5. The zero-order valence-electron chi connectivity index (χ0n) is 16.7. The van der Waals surface area contributed by atoms with E-state index in [1.165, 1.54) is 15.9 Å². The first kappa shape index (κ1) is 20.1. The number of thiophene rings is 1. The number of fused-ring (bicyclic) bond motifs is 1. The Morgan fingerprint density at radius 2 is 1.96 bits per heavy atom. The maximum absolute atomic E-state index is 12.7. The van der Waals surface area contributed by atoms with Crippen LogP contribution >= 0.6 is 11.3 Å². The highest BCUT2D eigenvalue weighted by atomic mass is 32.1. The van der Waals surface area contributed by atoms with Gasteiger partial charge in [-0.1, -0.05) is 12.1 Å². The summed E-state index contributed by atoms with van der Waals surface area (Å²) in [6, 6.07) is 7.73. The summed E-state index contributed by atoms with van der Waals surface area (Å²) in [6.07, 6.45) is 1.79. The van der Waals surface area contributed by atoms with Gasteiger partial charge in [-0.3, -0.25) is 14.2 Å². The van der Waals surface area contributed by atoms with Crippen LogP contribution in [0.2, 0.25) is 0 Å². The molecule has 1 amide bonds. The summed E-state index contributed by atoms with van der Waals surface area (Å²) in [5.74, 6) is 0.806. The molecule has 0 saturated carbocycles. The standard InChI is InChI=1S/C21H25N3O3S/c1-5-27-17-8-6-16(7-9-17)12-23(4)18(25)10-11-24-13-22-20-19(21(24)26)14(2)15(3)28-20/h6-9,13H,5,10-12H2,1-4H3. The molecule has 0 aliphatic heterocycles. The van der Waals surface area contributed by atoms with E-state index in [2.05, 4.69) is 4.98 Å². The van der Waals surface area contributed by atoms with E-state index in [1.807, 2.05) is 45.0 Å². The van der Waals surface area contributed by atoms with Gasteiger partial charge in [0.15, 0.2) is 0 Å². The first-order chi connectivity index (χ1) is 13.4. The Morgan fingerprint density at radius 1 is 1.25 bits per heavy atom. The van der Waals surface area contributed by atoms with Gasteiger partial charge >= 0.3 is 0 Å². The Bertz CT molecular complexity index is 1040. The number of hydrogen-bond donors (Lipinski definition) is 0. The van der Waals surface area contributed by atoms with Gasteiger partial charge in [-0.25, -0.2) is 4.98 Å². The minimum atomic E-state index is -0.0752. The highest BCUT2D eigenvalue weighted by Crippen LogP contribution is 2.25. The normalized spacial score (nSPS) is 11.0. The molecule has 0 atom stereocenters. The van der Waals surface area contributed by atoms with Crippen LogP contribution in [0.3, 0.4) is 0 Å². The second kappa shape index (κ2) is 8.56. The van der Waals surface area contributed by atoms with Gasteiger partial charge in [-0.05, 0) is 44.0 Å². The molecule has 7 heteroatoms. The van der Waals surface area contributed by atoms with E-state index in [-0.39, 0.29) is 17.9 Å². The summed E-state index contributed by atoms with van der Waals surface area (Å²) < 4.78 is 6.97. The number of aryl methyl sites for hydroxylation is 3. The molecule has 0 aliphatic carbocycles. The summed E-state index contributed by atoms with van der Waals surface area (Å²) in [5.41, 5.74) is 1.93. The van der Waals surface area contributed by atoms with E-state index >= 15 is 0 Å². The molecule has 1 aromatic carbocycles. The van der Waals surface area contributed by atoms with E-state index in [9.17, 15) is 9.59 Å². The zero-order chi connectivity index (χ0) is 20.3. The number of nitrogens with zero attached hydrogens (tertiary/aromatic N) is 3. The number of carbonyl (C=O) groups is 1. The Balaban J connectivity index is 1.63. The summed E-state index contributed by atoms with van der Waals surface area (Å²) >= 11 is 1.53. The number of carbonyl (C=O) groups excluding carboxylic acids is 1. The van der Waals surface area contributed by atoms with Gasteiger partial charge in [-0.15, -0.1) is 11.3 Å². The first-order valence-corrected chi connectivity index (χ1v) is 10.1. The number of benzene rings is 1. The quantitative estimate of drug-likeness (QED) is 0.610. The second-order valence-corrected chi connectivity index (χ2v) is 7.99. The van der Waals surface area contributed by atoms with Gasteiger partial charge in [0.1, 0.15) is 10.6 Å². The lowest BCUT2D eigenvalue weighted by molar-refractivity contribution is -0.130. The van der Waals surface area contributed by atoms with Crippen LogP contribution in [0.4, 0.5) is 0 Å². The van der Waals surface area contributed by atoms with Crippen molar-refractivity contribution in [3.63, 3.8) is 0 Å². The maximum Gasteiger partial charge on any atom is 0.262 e. The molecule has 2 heterocycles.